The fourth-order valence-corrected chi connectivity index (χ4v) is 4.01. The van der Waals surface area contributed by atoms with E-state index in [0.717, 1.165) is 0 Å². The molecule has 118 valence electrons. The minimum Gasteiger partial charge on any atom is -0.0578 e. The molecule has 0 N–H and O–H groups in total. The molecule has 0 aliphatic heterocycles. The van der Waals surface area contributed by atoms with Gasteiger partial charge in [-0.25, -0.2) is 0 Å². The molecule has 0 nitrogen and oxygen atoms in total. The minimum atomic E-state index is 0.196. The summed E-state index contributed by atoms with van der Waals surface area (Å²) < 4.78 is 2.65. The van der Waals surface area contributed by atoms with Gasteiger partial charge in [0.2, 0.25) is 0 Å². The Labute approximate surface area is 162 Å². The molecule has 0 aromatic heterocycles. The number of halogens is 2. The fourth-order valence-electron chi connectivity index (χ4n) is 2.40. The Morgan fingerprint density at radius 2 is 0.909 bits per heavy atom. The van der Waals surface area contributed by atoms with E-state index < -0.39 is 0 Å². The first-order valence-electron chi connectivity index (χ1n) is 7.60. The van der Waals surface area contributed by atoms with Crippen molar-refractivity contribution in [2.75, 3.05) is 0 Å². The van der Waals surface area contributed by atoms with Gasteiger partial charge in [0.15, 0.2) is 0 Å². The normalized spacial score (nSPS) is 12.5. The Morgan fingerprint density at radius 1 is 0.591 bits per heavy atom. The summed E-state index contributed by atoms with van der Waals surface area (Å²) in [6.45, 7) is 13.6. The maximum Gasteiger partial charge on any atom is 0.0212 e. The van der Waals surface area contributed by atoms with Crippen molar-refractivity contribution in [3.63, 3.8) is 0 Å². The maximum absolute atomic E-state index is 2.47. The third-order valence-corrected chi connectivity index (χ3v) is 5.75. The molecule has 0 heterocycles. The first-order chi connectivity index (χ1) is 10.00. The summed E-state index contributed by atoms with van der Waals surface area (Å²) in [5.41, 5.74) is 5.84. The van der Waals surface area contributed by atoms with Gasteiger partial charge in [-0.05, 0) is 90.4 Å². The number of benzene rings is 2. The highest BCUT2D eigenvalue weighted by atomic mass is 127. The zero-order chi connectivity index (χ0) is 16.7. The molecule has 0 fully saturated rings. The summed E-state index contributed by atoms with van der Waals surface area (Å²) in [6, 6.07) is 13.7. The fraction of sp³-hybridized carbons (Fsp3) is 0.400. The smallest absolute Gasteiger partial charge is 0.0212 e. The predicted octanol–water partition coefficient (Wildman–Crippen LogP) is 7.16. The van der Waals surface area contributed by atoms with Crippen LogP contribution in [0.15, 0.2) is 36.4 Å². The highest BCUT2D eigenvalue weighted by Gasteiger charge is 2.18. The summed E-state index contributed by atoms with van der Waals surface area (Å²) in [5, 5.41) is 0. The Balaban J connectivity index is 2.49. The van der Waals surface area contributed by atoms with Gasteiger partial charge >= 0.3 is 0 Å². The second-order valence-corrected chi connectivity index (χ2v) is 10.2. The van der Waals surface area contributed by atoms with Gasteiger partial charge in [0.05, 0.1) is 0 Å². The Bertz CT molecular complexity index is 624. The van der Waals surface area contributed by atoms with Crippen LogP contribution in [0.25, 0.3) is 11.1 Å². The Hall–Kier alpha value is -0.1000. The van der Waals surface area contributed by atoms with Crippen molar-refractivity contribution in [3.8, 4) is 11.1 Å². The molecule has 0 saturated carbocycles. The monoisotopic (exact) mass is 518 g/mol. The quantitative estimate of drug-likeness (QED) is 0.352. The lowest BCUT2D eigenvalue weighted by molar-refractivity contribution is 0.589. The van der Waals surface area contributed by atoms with E-state index in [1.165, 1.54) is 29.4 Å². The van der Waals surface area contributed by atoms with Crippen LogP contribution in [0.5, 0.6) is 0 Å². The molecule has 0 amide bonds. The van der Waals surface area contributed by atoms with Gasteiger partial charge in [-0.3, -0.25) is 0 Å². The molecule has 0 saturated heterocycles. The van der Waals surface area contributed by atoms with Crippen LogP contribution in [0, 0.1) is 7.14 Å². The molecular weight excluding hydrogens is 494 g/mol. The third-order valence-electron chi connectivity index (χ3n) is 3.96. The first-order valence-corrected chi connectivity index (χ1v) is 9.76. The first kappa shape index (κ1) is 18.2. The SMILES string of the molecule is CC(C)(C)c1ccc(-c2ccc(C(C)(C)C)cc2I)c(I)c1. The zero-order valence-corrected chi connectivity index (χ0v) is 18.5. The van der Waals surface area contributed by atoms with Crippen LogP contribution in [0.3, 0.4) is 0 Å². The molecule has 0 spiro atoms. The van der Waals surface area contributed by atoms with Gasteiger partial charge in [-0.2, -0.15) is 0 Å². The topological polar surface area (TPSA) is 0 Å². The lowest BCUT2D eigenvalue weighted by atomic mass is 9.85. The molecule has 0 bridgehead atoms. The van der Waals surface area contributed by atoms with E-state index in [1.807, 2.05) is 0 Å². The van der Waals surface area contributed by atoms with E-state index >= 15 is 0 Å². The van der Waals surface area contributed by atoms with Crippen molar-refractivity contribution >= 4 is 45.2 Å². The molecule has 2 aromatic carbocycles. The largest absolute Gasteiger partial charge is 0.0578 e. The van der Waals surface area contributed by atoms with Gasteiger partial charge in [0.1, 0.15) is 0 Å². The van der Waals surface area contributed by atoms with Gasteiger partial charge in [-0.1, -0.05) is 65.8 Å². The third kappa shape index (κ3) is 4.05. The Morgan fingerprint density at radius 3 is 1.14 bits per heavy atom. The van der Waals surface area contributed by atoms with Crippen molar-refractivity contribution in [1.29, 1.82) is 0 Å². The molecule has 0 atom stereocenters. The number of rotatable bonds is 1. The lowest BCUT2D eigenvalue weighted by Gasteiger charge is -2.22. The molecule has 2 aromatic rings. The van der Waals surface area contributed by atoms with E-state index in [1.54, 1.807) is 0 Å². The summed E-state index contributed by atoms with van der Waals surface area (Å²) in [6.07, 6.45) is 0. The van der Waals surface area contributed by atoms with Gasteiger partial charge in [-0.15, -0.1) is 0 Å². The molecule has 0 radical (unpaired) electrons. The highest BCUT2D eigenvalue weighted by molar-refractivity contribution is 14.1. The molecule has 0 aliphatic carbocycles. The summed E-state index contributed by atoms with van der Waals surface area (Å²) in [7, 11) is 0. The standard InChI is InChI=1S/C20H24I2/c1-19(2,3)13-7-9-15(17(21)11-13)16-10-8-14(12-18(16)22)20(4,5)6/h7-12H,1-6H3. The second-order valence-electron chi connectivity index (χ2n) is 7.89. The second kappa shape index (κ2) is 6.42. The van der Waals surface area contributed by atoms with Crippen molar-refractivity contribution in [3.05, 3.63) is 54.7 Å². The molecule has 0 aliphatic rings. The summed E-state index contributed by atoms with van der Waals surface area (Å²) in [5.74, 6) is 0. The van der Waals surface area contributed by atoms with Crippen molar-refractivity contribution in [2.45, 2.75) is 52.4 Å². The minimum absolute atomic E-state index is 0.196. The van der Waals surface area contributed by atoms with Crippen LogP contribution in [0.4, 0.5) is 0 Å². The van der Waals surface area contributed by atoms with E-state index in [-0.39, 0.29) is 10.8 Å². The van der Waals surface area contributed by atoms with Crippen LogP contribution >= 0.6 is 45.2 Å². The van der Waals surface area contributed by atoms with Gasteiger partial charge in [0.25, 0.3) is 0 Å². The molecule has 0 unspecified atom stereocenters. The van der Waals surface area contributed by atoms with Gasteiger partial charge in [0, 0.05) is 7.14 Å². The van der Waals surface area contributed by atoms with Crippen LogP contribution in [-0.4, -0.2) is 0 Å². The number of hydrogen-bond donors (Lipinski definition) is 0. The van der Waals surface area contributed by atoms with Crippen molar-refractivity contribution in [1.82, 2.24) is 0 Å². The van der Waals surface area contributed by atoms with Crippen LogP contribution in [0.2, 0.25) is 0 Å². The highest BCUT2D eigenvalue weighted by Crippen LogP contribution is 2.35. The van der Waals surface area contributed by atoms with E-state index in [9.17, 15) is 0 Å². The van der Waals surface area contributed by atoms with Crippen molar-refractivity contribution < 1.29 is 0 Å². The summed E-state index contributed by atoms with van der Waals surface area (Å²) in [4.78, 5) is 0. The average Bonchev–Trinajstić information content (AvgIpc) is 2.37. The lowest BCUT2D eigenvalue weighted by Crippen LogP contribution is -2.12. The molecule has 22 heavy (non-hydrogen) atoms. The molecule has 2 heteroatoms. The molecular formula is C20H24I2. The average molecular weight is 518 g/mol. The van der Waals surface area contributed by atoms with Gasteiger partial charge < -0.3 is 0 Å². The molecule has 2 rings (SSSR count). The van der Waals surface area contributed by atoms with Crippen LogP contribution in [0.1, 0.15) is 52.7 Å². The number of hydrogen-bond acceptors (Lipinski definition) is 0. The van der Waals surface area contributed by atoms with Crippen LogP contribution < -0.4 is 0 Å². The van der Waals surface area contributed by atoms with Crippen LogP contribution in [-0.2, 0) is 10.8 Å². The predicted molar refractivity (Wildman–Crippen MR) is 115 cm³/mol. The maximum atomic E-state index is 2.47. The summed E-state index contributed by atoms with van der Waals surface area (Å²) >= 11 is 4.94. The van der Waals surface area contributed by atoms with Crippen molar-refractivity contribution in [2.24, 2.45) is 0 Å². The van der Waals surface area contributed by atoms with E-state index in [0.29, 0.717) is 0 Å². The van der Waals surface area contributed by atoms with E-state index in [2.05, 4.69) is 123 Å². The zero-order valence-electron chi connectivity index (χ0n) is 14.2. The van der Waals surface area contributed by atoms with E-state index in [4.69, 9.17) is 0 Å². The Kier molecular flexibility index (Phi) is 5.32.